The number of hydrogen-bond acceptors (Lipinski definition) is 4. The summed E-state index contributed by atoms with van der Waals surface area (Å²) in [5.41, 5.74) is 5.27. The quantitative estimate of drug-likeness (QED) is 0.655. The van der Waals surface area contributed by atoms with Crippen LogP contribution < -0.4 is 11.3 Å². The second-order valence-electron chi connectivity index (χ2n) is 4.85. The standard InChI is InChI=1S/C12H21BrN4S/c1-8-12(13)10(17(2)16-8)7-9(15-14)11-5-3-4-6-18-11/h9,11,15H,3-7,14H2,1-2H3. The summed E-state index contributed by atoms with van der Waals surface area (Å²) < 4.78 is 3.07. The van der Waals surface area contributed by atoms with Crippen molar-refractivity contribution in [3.05, 3.63) is 15.9 Å². The summed E-state index contributed by atoms with van der Waals surface area (Å²) in [6.07, 6.45) is 4.84. The zero-order chi connectivity index (χ0) is 13.1. The van der Waals surface area contributed by atoms with Crippen LogP contribution in [0.5, 0.6) is 0 Å². The molecule has 18 heavy (non-hydrogen) atoms. The van der Waals surface area contributed by atoms with Crippen LogP contribution in [-0.4, -0.2) is 26.8 Å². The molecule has 1 saturated heterocycles. The topological polar surface area (TPSA) is 55.9 Å². The predicted octanol–water partition coefficient (Wildman–Crippen LogP) is 2.15. The molecule has 0 radical (unpaired) electrons. The van der Waals surface area contributed by atoms with E-state index in [4.69, 9.17) is 5.84 Å². The fraction of sp³-hybridized carbons (Fsp3) is 0.750. The number of thioether (sulfide) groups is 1. The van der Waals surface area contributed by atoms with E-state index in [1.54, 1.807) is 0 Å². The minimum atomic E-state index is 0.321. The Kier molecular flexibility index (Phi) is 5.12. The van der Waals surface area contributed by atoms with Crippen molar-refractivity contribution < 1.29 is 0 Å². The van der Waals surface area contributed by atoms with Gasteiger partial charge in [-0.05, 0) is 41.4 Å². The van der Waals surface area contributed by atoms with Crippen molar-refractivity contribution in [2.24, 2.45) is 12.9 Å². The summed E-state index contributed by atoms with van der Waals surface area (Å²) in [5, 5.41) is 5.05. The molecule has 0 aromatic carbocycles. The molecule has 4 nitrogen and oxygen atoms in total. The molecule has 6 heteroatoms. The first kappa shape index (κ1) is 14.4. The molecule has 3 N–H and O–H groups in total. The maximum atomic E-state index is 5.75. The molecule has 0 spiro atoms. The molecule has 2 atom stereocenters. The number of halogens is 1. The molecular weight excluding hydrogens is 312 g/mol. The Morgan fingerprint density at radius 1 is 1.61 bits per heavy atom. The van der Waals surface area contributed by atoms with Gasteiger partial charge in [0.2, 0.25) is 0 Å². The lowest BCUT2D eigenvalue weighted by molar-refractivity contribution is 0.460. The third-order valence-corrected chi connectivity index (χ3v) is 6.10. The highest BCUT2D eigenvalue weighted by Crippen LogP contribution is 2.30. The van der Waals surface area contributed by atoms with Crippen molar-refractivity contribution in [3.63, 3.8) is 0 Å². The van der Waals surface area contributed by atoms with Crippen LogP contribution in [0.2, 0.25) is 0 Å². The summed E-state index contributed by atoms with van der Waals surface area (Å²) in [6.45, 7) is 2.02. The van der Waals surface area contributed by atoms with E-state index in [0.29, 0.717) is 11.3 Å². The molecule has 0 amide bonds. The van der Waals surface area contributed by atoms with Crippen LogP contribution in [0.25, 0.3) is 0 Å². The summed E-state index contributed by atoms with van der Waals surface area (Å²) in [6, 6.07) is 0.321. The molecule has 0 aliphatic carbocycles. The van der Waals surface area contributed by atoms with Crippen LogP contribution in [-0.2, 0) is 13.5 Å². The van der Waals surface area contributed by atoms with Crippen LogP contribution in [0.1, 0.15) is 30.7 Å². The lowest BCUT2D eigenvalue weighted by Crippen LogP contribution is -2.45. The summed E-state index contributed by atoms with van der Waals surface area (Å²) in [7, 11) is 1.99. The second-order valence-corrected chi connectivity index (χ2v) is 6.99. The molecule has 1 aliphatic rings. The van der Waals surface area contributed by atoms with Crippen molar-refractivity contribution in [3.8, 4) is 0 Å². The van der Waals surface area contributed by atoms with Gasteiger partial charge >= 0.3 is 0 Å². The minimum Gasteiger partial charge on any atom is -0.271 e. The normalized spacial score (nSPS) is 22.1. The molecule has 1 aromatic heterocycles. The fourth-order valence-electron chi connectivity index (χ4n) is 2.49. The van der Waals surface area contributed by atoms with Gasteiger partial charge in [-0.2, -0.15) is 16.9 Å². The van der Waals surface area contributed by atoms with Gasteiger partial charge in [-0.1, -0.05) is 6.42 Å². The van der Waals surface area contributed by atoms with Crippen molar-refractivity contribution >= 4 is 27.7 Å². The highest BCUT2D eigenvalue weighted by molar-refractivity contribution is 9.10. The van der Waals surface area contributed by atoms with Crippen molar-refractivity contribution in [1.29, 1.82) is 0 Å². The lowest BCUT2D eigenvalue weighted by atomic mass is 10.0. The zero-order valence-corrected chi connectivity index (χ0v) is 13.4. The molecule has 1 aliphatic heterocycles. The average molecular weight is 333 g/mol. The second kappa shape index (κ2) is 6.41. The predicted molar refractivity (Wildman–Crippen MR) is 80.6 cm³/mol. The summed E-state index contributed by atoms with van der Waals surface area (Å²) >= 11 is 5.67. The Hall–Kier alpha value is -0.0400. The fourth-order valence-corrected chi connectivity index (χ4v) is 4.40. The third-order valence-electron chi connectivity index (χ3n) is 3.55. The van der Waals surface area contributed by atoms with Gasteiger partial charge in [-0.3, -0.25) is 16.0 Å². The molecule has 1 fully saturated rings. The van der Waals surface area contributed by atoms with E-state index in [1.807, 2.05) is 30.4 Å². The molecule has 2 heterocycles. The van der Waals surface area contributed by atoms with E-state index in [-0.39, 0.29) is 0 Å². The smallest absolute Gasteiger partial charge is 0.0738 e. The molecule has 1 aromatic rings. The zero-order valence-electron chi connectivity index (χ0n) is 10.9. The van der Waals surface area contributed by atoms with Crippen LogP contribution in [0, 0.1) is 6.92 Å². The van der Waals surface area contributed by atoms with Gasteiger partial charge in [0.15, 0.2) is 0 Å². The van der Waals surface area contributed by atoms with Crippen molar-refractivity contribution in [2.75, 3.05) is 5.75 Å². The number of aromatic nitrogens is 2. The number of nitrogens with one attached hydrogen (secondary N) is 1. The first-order valence-electron chi connectivity index (χ1n) is 6.39. The largest absolute Gasteiger partial charge is 0.271 e. The summed E-state index contributed by atoms with van der Waals surface area (Å²) in [4.78, 5) is 0. The molecule has 2 unspecified atom stereocenters. The van der Waals surface area contributed by atoms with E-state index in [9.17, 15) is 0 Å². The van der Waals surface area contributed by atoms with Crippen LogP contribution in [0.4, 0.5) is 0 Å². The Morgan fingerprint density at radius 2 is 2.39 bits per heavy atom. The molecule has 0 saturated carbocycles. The molecule has 2 rings (SSSR count). The Balaban J connectivity index is 2.09. The van der Waals surface area contributed by atoms with Crippen molar-refractivity contribution in [2.45, 2.75) is 43.9 Å². The number of rotatable bonds is 4. The molecule has 0 bridgehead atoms. The Bertz CT molecular complexity index is 401. The van der Waals surface area contributed by atoms with Crippen LogP contribution in [0.3, 0.4) is 0 Å². The van der Waals surface area contributed by atoms with E-state index < -0.39 is 0 Å². The van der Waals surface area contributed by atoms with Gasteiger partial charge in [-0.15, -0.1) is 0 Å². The first-order chi connectivity index (χ1) is 8.63. The number of hydrogen-bond donors (Lipinski definition) is 2. The van der Waals surface area contributed by atoms with E-state index in [2.05, 4.69) is 26.5 Å². The number of nitrogens with two attached hydrogens (primary N) is 1. The van der Waals surface area contributed by atoms with Crippen molar-refractivity contribution in [1.82, 2.24) is 15.2 Å². The number of hydrazine groups is 1. The molecular formula is C12H21BrN4S. The van der Waals surface area contributed by atoms with Crippen LogP contribution >= 0.6 is 27.7 Å². The number of aryl methyl sites for hydroxylation is 2. The lowest BCUT2D eigenvalue weighted by Gasteiger charge is -2.29. The third kappa shape index (κ3) is 3.10. The highest BCUT2D eigenvalue weighted by Gasteiger charge is 2.25. The number of nitrogens with zero attached hydrogens (tertiary/aromatic N) is 2. The SMILES string of the molecule is Cc1nn(C)c(CC(NN)C2CCCCS2)c1Br. The maximum absolute atomic E-state index is 5.75. The average Bonchev–Trinajstić information content (AvgIpc) is 2.62. The minimum absolute atomic E-state index is 0.321. The Labute approximate surface area is 121 Å². The van der Waals surface area contributed by atoms with Gasteiger partial charge in [0.25, 0.3) is 0 Å². The van der Waals surface area contributed by atoms with Gasteiger partial charge < -0.3 is 0 Å². The molecule has 102 valence electrons. The van der Waals surface area contributed by atoms with Gasteiger partial charge in [0.05, 0.1) is 15.9 Å². The van der Waals surface area contributed by atoms with E-state index >= 15 is 0 Å². The monoisotopic (exact) mass is 332 g/mol. The van der Waals surface area contributed by atoms with Gasteiger partial charge in [0.1, 0.15) is 0 Å². The van der Waals surface area contributed by atoms with E-state index in [0.717, 1.165) is 16.6 Å². The van der Waals surface area contributed by atoms with E-state index in [1.165, 1.54) is 30.7 Å². The summed E-state index contributed by atoms with van der Waals surface area (Å²) in [5.74, 6) is 7.01. The van der Waals surface area contributed by atoms with Gasteiger partial charge in [0, 0.05) is 24.8 Å². The van der Waals surface area contributed by atoms with Crippen LogP contribution in [0.15, 0.2) is 4.47 Å². The first-order valence-corrected chi connectivity index (χ1v) is 8.23. The van der Waals surface area contributed by atoms with Gasteiger partial charge in [-0.25, -0.2) is 0 Å². The highest BCUT2D eigenvalue weighted by atomic mass is 79.9. The Morgan fingerprint density at radius 3 is 2.89 bits per heavy atom. The maximum Gasteiger partial charge on any atom is 0.0738 e.